The van der Waals surface area contributed by atoms with Gasteiger partial charge in [-0.05, 0) is 81.0 Å². The monoisotopic (exact) mass is 425 g/mol. The number of benzene rings is 2. The van der Waals surface area contributed by atoms with Gasteiger partial charge in [-0.1, -0.05) is 11.6 Å². The second kappa shape index (κ2) is 9.19. The minimum Gasteiger partial charge on any atom is -0.419 e. The maximum Gasteiger partial charge on any atom is 0.247 e. The van der Waals surface area contributed by atoms with Gasteiger partial charge in [-0.15, -0.1) is 10.2 Å². The van der Waals surface area contributed by atoms with E-state index in [2.05, 4.69) is 25.3 Å². The van der Waals surface area contributed by atoms with E-state index in [-0.39, 0.29) is 5.82 Å². The van der Waals surface area contributed by atoms with E-state index in [1.54, 1.807) is 24.3 Å². The van der Waals surface area contributed by atoms with Crippen molar-refractivity contribution < 1.29 is 8.81 Å². The highest BCUT2D eigenvalue weighted by Gasteiger charge is 2.11. The van der Waals surface area contributed by atoms with Crippen LogP contribution in [-0.2, 0) is 13.0 Å². The summed E-state index contributed by atoms with van der Waals surface area (Å²) in [6, 6.07) is 15.6. The Balaban J connectivity index is 1.26. The summed E-state index contributed by atoms with van der Waals surface area (Å²) in [6.45, 7) is 1.44. The van der Waals surface area contributed by atoms with Gasteiger partial charge in [-0.3, -0.25) is 10.00 Å². The fraction of sp³-hybridized carbons (Fsp3) is 0.227. The first-order valence-corrected chi connectivity index (χ1v) is 10.0. The maximum absolute atomic E-state index is 13.1. The fourth-order valence-electron chi connectivity index (χ4n) is 3.13. The van der Waals surface area contributed by atoms with Crippen molar-refractivity contribution in [2.45, 2.75) is 19.4 Å². The highest BCUT2D eigenvalue weighted by molar-refractivity contribution is 6.30. The molecule has 2 aromatic carbocycles. The topological polar surface area (TPSA) is 70.8 Å². The molecule has 154 valence electrons. The second-order valence-corrected chi connectivity index (χ2v) is 7.57. The Morgan fingerprint density at radius 2 is 1.77 bits per heavy atom. The summed E-state index contributed by atoms with van der Waals surface area (Å²) in [4.78, 5) is 2.14. The molecule has 0 spiro atoms. The number of hydrogen-bond donors (Lipinski definition) is 1. The van der Waals surface area contributed by atoms with Crippen molar-refractivity contribution in [1.29, 1.82) is 0 Å². The third kappa shape index (κ3) is 5.11. The SMILES string of the molecule is CN(CCCc1cc(-c2ccc(F)cc2)n[nH]1)Cc1nnc(-c2ccc(Cl)cc2)o1. The molecule has 30 heavy (non-hydrogen) atoms. The van der Waals surface area contributed by atoms with Gasteiger partial charge in [0.2, 0.25) is 11.8 Å². The molecule has 6 nitrogen and oxygen atoms in total. The van der Waals surface area contributed by atoms with E-state index in [1.807, 2.05) is 25.2 Å². The van der Waals surface area contributed by atoms with Crippen molar-refractivity contribution >= 4 is 11.6 Å². The average Bonchev–Trinajstić information content (AvgIpc) is 3.39. The zero-order valence-electron chi connectivity index (χ0n) is 16.5. The van der Waals surface area contributed by atoms with Gasteiger partial charge in [-0.2, -0.15) is 5.10 Å². The summed E-state index contributed by atoms with van der Waals surface area (Å²) >= 11 is 5.91. The molecule has 0 atom stereocenters. The Bertz CT molecular complexity index is 1090. The molecule has 0 aliphatic heterocycles. The van der Waals surface area contributed by atoms with Crippen LogP contribution in [-0.4, -0.2) is 38.9 Å². The van der Waals surface area contributed by atoms with E-state index >= 15 is 0 Å². The van der Waals surface area contributed by atoms with Crippen molar-refractivity contribution in [2.24, 2.45) is 0 Å². The predicted octanol–water partition coefficient (Wildman–Crippen LogP) is 4.98. The van der Waals surface area contributed by atoms with Crippen LogP contribution >= 0.6 is 11.6 Å². The molecule has 0 amide bonds. The quantitative estimate of drug-likeness (QED) is 0.431. The molecule has 4 rings (SSSR count). The summed E-state index contributed by atoms with van der Waals surface area (Å²) in [5, 5.41) is 16.3. The summed E-state index contributed by atoms with van der Waals surface area (Å²) < 4.78 is 18.8. The Morgan fingerprint density at radius 1 is 1.03 bits per heavy atom. The van der Waals surface area contributed by atoms with Crippen molar-refractivity contribution in [1.82, 2.24) is 25.3 Å². The highest BCUT2D eigenvalue weighted by Crippen LogP contribution is 2.21. The smallest absolute Gasteiger partial charge is 0.247 e. The number of hydrogen-bond acceptors (Lipinski definition) is 5. The number of halogens is 2. The molecule has 1 N–H and O–H groups in total. The Morgan fingerprint density at radius 3 is 2.53 bits per heavy atom. The van der Waals surface area contributed by atoms with Crippen molar-refractivity contribution in [2.75, 3.05) is 13.6 Å². The minimum absolute atomic E-state index is 0.251. The number of nitrogens with zero attached hydrogens (tertiary/aromatic N) is 4. The van der Waals surface area contributed by atoms with Crippen molar-refractivity contribution in [3.63, 3.8) is 0 Å². The van der Waals surface area contributed by atoms with Gasteiger partial charge in [0, 0.05) is 21.8 Å². The van der Waals surface area contributed by atoms with Gasteiger partial charge in [0.15, 0.2) is 0 Å². The van der Waals surface area contributed by atoms with Crippen LogP contribution in [0.25, 0.3) is 22.7 Å². The largest absolute Gasteiger partial charge is 0.419 e. The van der Waals surface area contributed by atoms with Crippen LogP contribution in [0.1, 0.15) is 18.0 Å². The number of aromatic nitrogens is 4. The molecule has 8 heteroatoms. The van der Waals surface area contributed by atoms with Gasteiger partial charge < -0.3 is 4.42 Å². The van der Waals surface area contributed by atoms with Gasteiger partial charge in [-0.25, -0.2) is 4.39 Å². The molecular formula is C22H21ClFN5O. The molecule has 0 aliphatic carbocycles. The van der Waals surface area contributed by atoms with E-state index in [9.17, 15) is 4.39 Å². The van der Waals surface area contributed by atoms with Gasteiger partial charge in [0.25, 0.3) is 0 Å². The molecule has 0 bridgehead atoms. The standard InChI is InChI=1S/C22H21ClFN5O/c1-29(14-21-27-28-22(30-21)16-4-8-17(23)9-5-16)12-2-3-19-13-20(26-25-19)15-6-10-18(24)11-7-15/h4-11,13H,2-3,12,14H2,1H3,(H,25,26). The molecule has 0 fully saturated rings. The van der Waals surface area contributed by atoms with Crippen LogP contribution in [0.3, 0.4) is 0 Å². The third-order valence-electron chi connectivity index (χ3n) is 4.72. The lowest BCUT2D eigenvalue weighted by Gasteiger charge is -2.13. The van der Waals surface area contributed by atoms with E-state index in [1.165, 1.54) is 12.1 Å². The number of aromatic amines is 1. The Hall–Kier alpha value is -3.03. The fourth-order valence-corrected chi connectivity index (χ4v) is 3.26. The van der Waals surface area contributed by atoms with Crippen LogP contribution in [0.15, 0.2) is 59.0 Å². The predicted molar refractivity (Wildman–Crippen MR) is 113 cm³/mol. The lowest BCUT2D eigenvalue weighted by molar-refractivity contribution is 0.286. The first-order chi connectivity index (χ1) is 14.6. The van der Waals surface area contributed by atoms with Gasteiger partial charge in [0.1, 0.15) is 5.82 Å². The lowest BCUT2D eigenvalue weighted by atomic mass is 10.1. The van der Waals surface area contributed by atoms with Crippen molar-refractivity contribution in [3.05, 3.63) is 77.0 Å². The Kier molecular flexibility index (Phi) is 6.21. The second-order valence-electron chi connectivity index (χ2n) is 7.13. The number of rotatable bonds is 8. The van der Waals surface area contributed by atoms with E-state index in [0.717, 1.165) is 41.9 Å². The summed E-state index contributed by atoms with van der Waals surface area (Å²) in [6.07, 6.45) is 1.80. The van der Waals surface area contributed by atoms with Gasteiger partial charge in [0.05, 0.1) is 12.2 Å². The molecule has 0 radical (unpaired) electrons. The summed E-state index contributed by atoms with van der Waals surface area (Å²) in [5.74, 6) is 0.808. The zero-order valence-corrected chi connectivity index (χ0v) is 17.2. The summed E-state index contributed by atoms with van der Waals surface area (Å²) in [7, 11) is 2.02. The normalized spacial score (nSPS) is 11.3. The highest BCUT2D eigenvalue weighted by atomic mass is 35.5. The molecule has 4 aromatic rings. The van der Waals surface area contributed by atoms with Crippen LogP contribution in [0.4, 0.5) is 4.39 Å². The maximum atomic E-state index is 13.1. The minimum atomic E-state index is -0.251. The van der Waals surface area contributed by atoms with Crippen molar-refractivity contribution in [3.8, 4) is 22.7 Å². The number of aryl methyl sites for hydroxylation is 1. The Labute approximate surface area is 178 Å². The molecule has 0 saturated carbocycles. The van der Waals surface area contributed by atoms with Crippen LogP contribution in [0.2, 0.25) is 5.02 Å². The summed E-state index contributed by atoms with van der Waals surface area (Å²) in [5.41, 5.74) is 3.60. The number of H-pyrrole nitrogens is 1. The molecular weight excluding hydrogens is 405 g/mol. The van der Waals surface area contributed by atoms with Gasteiger partial charge >= 0.3 is 0 Å². The van der Waals surface area contributed by atoms with E-state index in [4.69, 9.17) is 16.0 Å². The molecule has 0 aliphatic rings. The average molecular weight is 426 g/mol. The number of nitrogens with one attached hydrogen (secondary N) is 1. The first-order valence-electron chi connectivity index (χ1n) is 9.64. The molecule has 0 unspecified atom stereocenters. The third-order valence-corrected chi connectivity index (χ3v) is 4.97. The van der Waals surface area contributed by atoms with Crippen LogP contribution < -0.4 is 0 Å². The zero-order chi connectivity index (χ0) is 20.9. The van der Waals surface area contributed by atoms with Crippen LogP contribution in [0, 0.1) is 5.82 Å². The molecule has 2 heterocycles. The van der Waals surface area contributed by atoms with E-state index in [0.29, 0.717) is 23.3 Å². The first kappa shape index (κ1) is 20.3. The lowest BCUT2D eigenvalue weighted by Crippen LogP contribution is -2.19. The molecule has 0 saturated heterocycles. The molecule has 2 aromatic heterocycles. The van der Waals surface area contributed by atoms with E-state index < -0.39 is 0 Å². The van der Waals surface area contributed by atoms with Crippen LogP contribution in [0.5, 0.6) is 0 Å².